The Balaban J connectivity index is 2.82. The number of hydrogen-bond acceptors (Lipinski definition) is 4. The highest BCUT2D eigenvalue weighted by Crippen LogP contribution is 2.22. The molecule has 100 valence electrons. The van der Waals surface area contributed by atoms with E-state index in [4.69, 9.17) is 5.11 Å². The number of nitrogens with one attached hydrogen (secondary N) is 1. The standard InChI is InChI=1S/C11H15NO4S2/c1-3-4-8(2)12-18(15,16)11-6-5-9(17-11)7-10(13)14/h3,5-6,8,12H,1,4,7H2,2H3,(H,13,14). The average Bonchev–Trinajstić information content (AvgIpc) is 2.65. The van der Waals surface area contributed by atoms with Crippen molar-refractivity contribution in [2.24, 2.45) is 0 Å². The number of carboxylic acids is 1. The van der Waals surface area contributed by atoms with E-state index < -0.39 is 16.0 Å². The van der Waals surface area contributed by atoms with Gasteiger partial charge in [0.15, 0.2) is 0 Å². The molecule has 1 aromatic heterocycles. The van der Waals surface area contributed by atoms with Gasteiger partial charge >= 0.3 is 5.97 Å². The Morgan fingerprint density at radius 3 is 2.83 bits per heavy atom. The Morgan fingerprint density at radius 1 is 1.61 bits per heavy atom. The molecule has 0 amide bonds. The van der Waals surface area contributed by atoms with Gasteiger partial charge in [0.05, 0.1) is 6.42 Å². The zero-order valence-electron chi connectivity index (χ0n) is 9.92. The first-order valence-electron chi connectivity index (χ1n) is 5.29. The van der Waals surface area contributed by atoms with Crippen LogP contribution in [0.25, 0.3) is 0 Å². The van der Waals surface area contributed by atoms with Gasteiger partial charge in [-0.3, -0.25) is 4.79 Å². The number of carboxylic acid groups (broad SMARTS) is 1. The van der Waals surface area contributed by atoms with Gasteiger partial charge in [0.2, 0.25) is 10.0 Å². The van der Waals surface area contributed by atoms with E-state index in [9.17, 15) is 13.2 Å². The van der Waals surface area contributed by atoms with Crippen molar-refractivity contribution >= 4 is 27.3 Å². The highest BCUT2D eigenvalue weighted by atomic mass is 32.2. The number of rotatable bonds is 7. The largest absolute Gasteiger partial charge is 0.481 e. The Bertz CT molecular complexity index is 533. The normalized spacial score (nSPS) is 13.2. The van der Waals surface area contributed by atoms with Gasteiger partial charge in [-0.15, -0.1) is 17.9 Å². The lowest BCUT2D eigenvalue weighted by molar-refractivity contribution is -0.136. The fourth-order valence-electron chi connectivity index (χ4n) is 1.37. The van der Waals surface area contributed by atoms with Crippen molar-refractivity contribution in [2.75, 3.05) is 0 Å². The lowest BCUT2D eigenvalue weighted by atomic mass is 10.3. The molecule has 0 aliphatic carbocycles. The summed E-state index contributed by atoms with van der Waals surface area (Å²) in [5.74, 6) is -0.978. The van der Waals surface area contributed by atoms with E-state index in [-0.39, 0.29) is 16.7 Å². The zero-order valence-corrected chi connectivity index (χ0v) is 11.6. The van der Waals surface area contributed by atoms with E-state index in [0.717, 1.165) is 11.3 Å². The van der Waals surface area contributed by atoms with E-state index in [2.05, 4.69) is 11.3 Å². The summed E-state index contributed by atoms with van der Waals surface area (Å²) in [7, 11) is -3.57. The van der Waals surface area contributed by atoms with Gasteiger partial charge in [0.1, 0.15) is 4.21 Å². The molecule has 0 bridgehead atoms. The molecular formula is C11H15NO4S2. The monoisotopic (exact) mass is 289 g/mol. The van der Waals surface area contributed by atoms with Crippen LogP contribution in [0.2, 0.25) is 0 Å². The molecule has 7 heteroatoms. The first kappa shape index (κ1) is 14.9. The summed E-state index contributed by atoms with van der Waals surface area (Å²) in [5.41, 5.74) is 0. The molecule has 0 fully saturated rings. The van der Waals surface area contributed by atoms with Crippen molar-refractivity contribution in [3.8, 4) is 0 Å². The smallest absolute Gasteiger partial charge is 0.308 e. The molecule has 1 rings (SSSR count). The molecule has 0 radical (unpaired) electrons. The lowest BCUT2D eigenvalue weighted by Crippen LogP contribution is -2.31. The maximum Gasteiger partial charge on any atom is 0.308 e. The molecule has 5 nitrogen and oxygen atoms in total. The van der Waals surface area contributed by atoms with E-state index >= 15 is 0 Å². The number of sulfonamides is 1. The van der Waals surface area contributed by atoms with Crippen LogP contribution in [-0.2, 0) is 21.2 Å². The van der Waals surface area contributed by atoms with Crippen LogP contribution in [0.3, 0.4) is 0 Å². The predicted octanol–water partition coefficient (Wildman–Crippen LogP) is 1.62. The molecule has 2 N–H and O–H groups in total. The van der Waals surface area contributed by atoms with Crippen molar-refractivity contribution < 1.29 is 18.3 Å². The highest BCUT2D eigenvalue weighted by Gasteiger charge is 2.19. The molecule has 1 heterocycles. The van der Waals surface area contributed by atoms with Crippen LogP contribution >= 0.6 is 11.3 Å². The lowest BCUT2D eigenvalue weighted by Gasteiger charge is -2.10. The molecule has 1 unspecified atom stereocenters. The second-order valence-electron chi connectivity index (χ2n) is 3.84. The van der Waals surface area contributed by atoms with Gasteiger partial charge in [-0.1, -0.05) is 6.08 Å². The molecule has 0 aromatic carbocycles. The van der Waals surface area contributed by atoms with Crippen molar-refractivity contribution in [2.45, 2.75) is 30.0 Å². The molecule has 18 heavy (non-hydrogen) atoms. The van der Waals surface area contributed by atoms with Gasteiger partial charge in [0, 0.05) is 10.9 Å². The third-order valence-electron chi connectivity index (χ3n) is 2.10. The summed E-state index contributed by atoms with van der Waals surface area (Å²) in [4.78, 5) is 11.0. The number of carbonyl (C=O) groups is 1. The van der Waals surface area contributed by atoms with Crippen LogP contribution < -0.4 is 4.72 Å². The van der Waals surface area contributed by atoms with Gasteiger partial charge in [-0.2, -0.15) is 0 Å². The first-order chi connectivity index (χ1) is 8.35. The number of hydrogen-bond donors (Lipinski definition) is 2. The minimum Gasteiger partial charge on any atom is -0.481 e. The molecular weight excluding hydrogens is 274 g/mol. The van der Waals surface area contributed by atoms with E-state index in [0.29, 0.717) is 11.3 Å². The highest BCUT2D eigenvalue weighted by molar-refractivity contribution is 7.91. The minimum atomic E-state index is -3.57. The summed E-state index contributed by atoms with van der Waals surface area (Å²) in [5, 5.41) is 8.62. The Morgan fingerprint density at radius 2 is 2.28 bits per heavy atom. The van der Waals surface area contributed by atoms with Crippen LogP contribution in [0, 0.1) is 0 Å². The summed E-state index contributed by atoms with van der Waals surface area (Å²) in [6.45, 7) is 5.28. The van der Waals surface area contributed by atoms with Crippen molar-refractivity contribution in [3.05, 3.63) is 29.7 Å². The second-order valence-corrected chi connectivity index (χ2v) is 6.95. The third kappa shape index (κ3) is 4.25. The van der Waals surface area contributed by atoms with E-state index in [1.807, 2.05) is 0 Å². The van der Waals surface area contributed by atoms with Crippen molar-refractivity contribution in [1.29, 1.82) is 0 Å². The van der Waals surface area contributed by atoms with Gasteiger partial charge in [0.25, 0.3) is 0 Å². The molecule has 0 aliphatic rings. The maximum absolute atomic E-state index is 11.9. The topological polar surface area (TPSA) is 83.5 Å². The Hall–Kier alpha value is -1.18. The number of thiophene rings is 1. The summed E-state index contributed by atoms with van der Waals surface area (Å²) < 4.78 is 26.5. The fourth-order valence-corrected chi connectivity index (χ4v) is 3.99. The second kappa shape index (κ2) is 6.12. The number of aliphatic carboxylic acids is 1. The minimum absolute atomic E-state index is 0.134. The predicted molar refractivity (Wildman–Crippen MR) is 70.3 cm³/mol. The zero-order chi connectivity index (χ0) is 13.8. The summed E-state index contributed by atoms with van der Waals surface area (Å²) in [6, 6.07) is 2.70. The molecule has 1 aromatic rings. The third-order valence-corrected chi connectivity index (χ3v) is 5.27. The molecule has 0 spiro atoms. The maximum atomic E-state index is 11.9. The molecule has 0 saturated heterocycles. The van der Waals surface area contributed by atoms with Gasteiger partial charge in [-0.05, 0) is 25.5 Å². The van der Waals surface area contributed by atoms with E-state index in [1.165, 1.54) is 12.1 Å². The van der Waals surface area contributed by atoms with Crippen LogP contribution in [0.15, 0.2) is 29.0 Å². The Labute approximate surface area is 110 Å². The van der Waals surface area contributed by atoms with E-state index in [1.54, 1.807) is 13.0 Å². The molecule has 0 saturated carbocycles. The van der Waals surface area contributed by atoms with Crippen LogP contribution in [-0.4, -0.2) is 25.5 Å². The molecule has 0 aliphatic heterocycles. The fraction of sp³-hybridized carbons (Fsp3) is 0.364. The van der Waals surface area contributed by atoms with Crippen LogP contribution in [0.1, 0.15) is 18.2 Å². The van der Waals surface area contributed by atoms with Crippen LogP contribution in [0.5, 0.6) is 0 Å². The first-order valence-corrected chi connectivity index (χ1v) is 7.59. The van der Waals surface area contributed by atoms with Crippen molar-refractivity contribution in [3.63, 3.8) is 0 Å². The van der Waals surface area contributed by atoms with Crippen molar-refractivity contribution in [1.82, 2.24) is 4.72 Å². The quantitative estimate of drug-likeness (QED) is 0.747. The SMILES string of the molecule is C=CCC(C)NS(=O)(=O)c1ccc(CC(=O)O)s1. The molecule has 1 atom stereocenters. The Kier molecular flexibility index (Phi) is 5.06. The van der Waals surface area contributed by atoms with Gasteiger partial charge < -0.3 is 5.11 Å². The summed E-state index contributed by atoms with van der Waals surface area (Å²) in [6.07, 6.45) is 2.01. The summed E-state index contributed by atoms with van der Waals surface area (Å²) >= 11 is 0.971. The van der Waals surface area contributed by atoms with Crippen LogP contribution in [0.4, 0.5) is 0 Å². The average molecular weight is 289 g/mol. The van der Waals surface area contributed by atoms with Gasteiger partial charge in [-0.25, -0.2) is 13.1 Å².